The molecule has 20 heavy (non-hydrogen) atoms. The van der Waals surface area contributed by atoms with Gasteiger partial charge in [-0.05, 0) is 51.9 Å². The minimum absolute atomic E-state index is 0.126. The topological polar surface area (TPSA) is 45.6 Å². The standard InChI is InChI=1S/C16H27N3O/c1-13-6-7-14(20-13)11-18(2)16(12-17)8-10-19-9-4-3-5-15(16)19/h6-7,15H,3-5,8-12,17H2,1-2H3. The summed E-state index contributed by atoms with van der Waals surface area (Å²) in [5.74, 6) is 2.04. The minimum Gasteiger partial charge on any atom is -0.465 e. The zero-order valence-electron chi connectivity index (χ0n) is 12.8. The zero-order chi connectivity index (χ0) is 14.2. The number of piperidine rings is 1. The molecule has 1 aromatic rings. The number of hydrogen-bond acceptors (Lipinski definition) is 4. The van der Waals surface area contributed by atoms with Crippen molar-refractivity contribution in [1.29, 1.82) is 0 Å². The predicted molar refractivity (Wildman–Crippen MR) is 80.5 cm³/mol. The van der Waals surface area contributed by atoms with Crippen molar-refractivity contribution in [3.05, 3.63) is 23.7 Å². The number of likely N-dealkylation sites (N-methyl/N-ethyl adjacent to an activating group) is 1. The molecule has 1 aromatic heterocycles. The number of nitrogens with two attached hydrogens (primary N) is 1. The van der Waals surface area contributed by atoms with E-state index in [2.05, 4.69) is 22.9 Å². The van der Waals surface area contributed by atoms with Crippen LogP contribution in [0.4, 0.5) is 0 Å². The van der Waals surface area contributed by atoms with E-state index in [1.807, 2.05) is 13.0 Å². The number of furan rings is 1. The van der Waals surface area contributed by atoms with Crippen molar-refractivity contribution in [1.82, 2.24) is 9.80 Å². The first kappa shape index (κ1) is 14.1. The van der Waals surface area contributed by atoms with Crippen molar-refractivity contribution in [2.45, 2.75) is 50.7 Å². The van der Waals surface area contributed by atoms with E-state index in [0.717, 1.165) is 24.6 Å². The van der Waals surface area contributed by atoms with Gasteiger partial charge in [0.25, 0.3) is 0 Å². The average Bonchev–Trinajstić information content (AvgIpc) is 3.03. The largest absolute Gasteiger partial charge is 0.465 e. The minimum atomic E-state index is 0.126. The van der Waals surface area contributed by atoms with Gasteiger partial charge in [0.05, 0.1) is 12.1 Å². The molecular formula is C16H27N3O. The molecule has 2 atom stereocenters. The van der Waals surface area contributed by atoms with E-state index in [0.29, 0.717) is 6.04 Å². The molecule has 2 aliphatic rings. The number of aryl methyl sites for hydroxylation is 1. The highest BCUT2D eigenvalue weighted by molar-refractivity contribution is 5.11. The molecule has 0 spiro atoms. The highest BCUT2D eigenvalue weighted by Gasteiger charge is 2.49. The Hall–Kier alpha value is -0.840. The summed E-state index contributed by atoms with van der Waals surface area (Å²) in [4.78, 5) is 5.10. The summed E-state index contributed by atoms with van der Waals surface area (Å²) < 4.78 is 5.74. The van der Waals surface area contributed by atoms with Gasteiger partial charge in [-0.25, -0.2) is 0 Å². The van der Waals surface area contributed by atoms with Crippen molar-refractivity contribution < 1.29 is 4.42 Å². The molecule has 0 bridgehead atoms. The van der Waals surface area contributed by atoms with Crippen LogP contribution in [0, 0.1) is 6.92 Å². The summed E-state index contributed by atoms with van der Waals surface area (Å²) in [6, 6.07) is 4.76. The third-order valence-corrected chi connectivity index (χ3v) is 5.37. The van der Waals surface area contributed by atoms with Gasteiger partial charge in [-0.3, -0.25) is 9.80 Å². The molecule has 0 amide bonds. The Morgan fingerprint density at radius 1 is 1.40 bits per heavy atom. The maximum atomic E-state index is 6.24. The normalized spacial score (nSPS) is 30.9. The average molecular weight is 277 g/mol. The third-order valence-electron chi connectivity index (χ3n) is 5.37. The van der Waals surface area contributed by atoms with Crippen LogP contribution in [0.2, 0.25) is 0 Å². The van der Waals surface area contributed by atoms with Crippen LogP contribution in [0.15, 0.2) is 16.5 Å². The van der Waals surface area contributed by atoms with Crippen LogP contribution in [-0.4, -0.2) is 48.1 Å². The highest BCUT2D eigenvalue weighted by Crippen LogP contribution is 2.38. The first-order valence-electron chi connectivity index (χ1n) is 7.86. The van der Waals surface area contributed by atoms with Crippen molar-refractivity contribution in [3.8, 4) is 0 Å². The van der Waals surface area contributed by atoms with Gasteiger partial charge in [-0.15, -0.1) is 0 Å². The Morgan fingerprint density at radius 2 is 2.25 bits per heavy atom. The van der Waals surface area contributed by atoms with Crippen LogP contribution >= 0.6 is 0 Å². The smallest absolute Gasteiger partial charge is 0.118 e. The quantitative estimate of drug-likeness (QED) is 0.914. The molecule has 4 heteroatoms. The van der Waals surface area contributed by atoms with Crippen LogP contribution in [0.25, 0.3) is 0 Å². The monoisotopic (exact) mass is 277 g/mol. The summed E-state index contributed by atoms with van der Waals surface area (Å²) >= 11 is 0. The molecule has 0 saturated carbocycles. The first-order valence-corrected chi connectivity index (χ1v) is 7.86. The molecule has 2 saturated heterocycles. The summed E-state index contributed by atoms with van der Waals surface area (Å²) in [7, 11) is 2.21. The van der Waals surface area contributed by atoms with E-state index in [4.69, 9.17) is 10.2 Å². The molecule has 2 aliphatic heterocycles. The van der Waals surface area contributed by atoms with E-state index in [9.17, 15) is 0 Å². The molecule has 3 rings (SSSR count). The molecule has 3 heterocycles. The lowest BCUT2D eigenvalue weighted by Crippen LogP contribution is -2.60. The fraction of sp³-hybridized carbons (Fsp3) is 0.750. The lowest BCUT2D eigenvalue weighted by Gasteiger charge is -2.45. The second-order valence-electron chi connectivity index (χ2n) is 6.47. The second kappa shape index (κ2) is 5.51. The fourth-order valence-corrected chi connectivity index (χ4v) is 4.17. The van der Waals surface area contributed by atoms with Gasteiger partial charge >= 0.3 is 0 Å². The molecule has 0 radical (unpaired) electrons. The van der Waals surface area contributed by atoms with E-state index < -0.39 is 0 Å². The van der Waals surface area contributed by atoms with E-state index in [-0.39, 0.29) is 5.54 Å². The van der Waals surface area contributed by atoms with Gasteiger partial charge in [0.15, 0.2) is 0 Å². The van der Waals surface area contributed by atoms with Crippen molar-refractivity contribution >= 4 is 0 Å². The van der Waals surface area contributed by atoms with Gasteiger partial charge in [0.2, 0.25) is 0 Å². The van der Waals surface area contributed by atoms with E-state index >= 15 is 0 Å². The highest BCUT2D eigenvalue weighted by atomic mass is 16.3. The molecule has 4 nitrogen and oxygen atoms in total. The second-order valence-corrected chi connectivity index (χ2v) is 6.47. The van der Waals surface area contributed by atoms with Gasteiger partial charge in [0, 0.05) is 19.1 Å². The Balaban J connectivity index is 1.77. The molecular weight excluding hydrogens is 250 g/mol. The SMILES string of the molecule is Cc1ccc(CN(C)C2(CN)CCN3CCCCC32)o1. The number of hydrogen-bond donors (Lipinski definition) is 1. The summed E-state index contributed by atoms with van der Waals surface area (Å²) in [5, 5.41) is 0. The maximum Gasteiger partial charge on any atom is 0.118 e. The zero-order valence-corrected chi connectivity index (χ0v) is 12.8. The van der Waals surface area contributed by atoms with Crippen molar-refractivity contribution in [3.63, 3.8) is 0 Å². The van der Waals surface area contributed by atoms with Crippen LogP contribution in [0.5, 0.6) is 0 Å². The van der Waals surface area contributed by atoms with Gasteiger partial charge in [-0.1, -0.05) is 6.42 Å². The molecule has 2 fully saturated rings. The maximum absolute atomic E-state index is 6.24. The Morgan fingerprint density at radius 3 is 2.95 bits per heavy atom. The number of rotatable bonds is 4. The lowest BCUT2D eigenvalue weighted by atomic mass is 9.84. The predicted octanol–water partition coefficient (Wildman–Crippen LogP) is 1.98. The number of nitrogens with zero attached hydrogens (tertiary/aromatic N) is 2. The fourth-order valence-electron chi connectivity index (χ4n) is 4.17. The molecule has 0 aromatic carbocycles. The Labute approximate surface area is 121 Å². The summed E-state index contributed by atoms with van der Waals surface area (Å²) in [6.45, 7) is 6.05. The van der Waals surface area contributed by atoms with Crippen LogP contribution in [0.3, 0.4) is 0 Å². The van der Waals surface area contributed by atoms with Crippen LogP contribution in [0.1, 0.15) is 37.2 Å². The molecule has 0 aliphatic carbocycles. The Kier molecular flexibility index (Phi) is 3.89. The number of fused-ring (bicyclic) bond motifs is 1. The van der Waals surface area contributed by atoms with Crippen LogP contribution < -0.4 is 5.73 Å². The van der Waals surface area contributed by atoms with Gasteiger partial charge in [-0.2, -0.15) is 0 Å². The van der Waals surface area contributed by atoms with Crippen LogP contribution in [-0.2, 0) is 6.54 Å². The van der Waals surface area contributed by atoms with Crippen molar-refractivity contribution in [2.24, 2.45) is 5.73 Å². The van der Waals surface area contributed by atoms with Gasteiger partial charge < -0.3 is 10.2 Å². The van der Waals surface area contributed by atoms with Crippen molar-refractivity contribution in [2.75, 3.05) is 26.7 Å². The van der Waals surface area contributed by atoms with Gasteiger partial charge in [0.1, 0.15) is 11.5 Å². The summed E-state index contributed by atoms with van der Waals surface area (Å²) in [5.41, 5.74) is 6.36. The Bertz CT molecular complexity index is 458. The molecule has 2 N–H and O–H groups in total. The van der Waals surface area contributed by atoms with E-state index in [1.165, 1.54) is 38.8 Å². The summed E-state index contributed by atoms with van der Waals surface area (Å²) in [6.07, 6.45) is 5.16. The third kappa shape index (κ3) is 2.30. The molecule has 112 valence electrons. The lowest BCUT2D eigenvalue weighted by molar-refractivity contribution is 0.0468. The van der Waals surface area contributed by atoms with E-state index in [1.54, 1.807) is 0 Å². The molecule has 2 unspecified atom stereocenters. The first-order chi connectivity index (χ1) is 9.65.